The Hall–Kier alpha value is -2.60. The highest BCUT2D eigenvalue weighted by Crippen LogP contribution is 2.21. The summed E-state index contributed by atoms with van der Waals surface area (Å²) in [6.45, 7) is 2.04. The predicted octanol–water partition coefficient (Wildman–Crippen LogP) is 4.27. The van der Waals surface area contributed by atoms with Crippen molar-refractivity contribution >= 4 is 17.7 Å². The molecule has 0 amide bonds. The summed E-state index contributed by atoms with van der Waals surface area (Å²) < 4.78 is 10.0. The Morgan fingerprint density at radius 1 is 1.16 bits per heavy atom. The first-order chi connectivity index (χ1) is 12.2. The minimum Gasteiger partial charge on any atom is -0.465 e. The second-order valence-corrected chi connectivity index (χ2v) is 6.55. The molecule has 0 N–H and O–H groups in total. The predicted molar refractivity (Wildman–Crippen MR) is 97.3 cm³/mol. The van der Waals surface area contributed by atoms with Gasteiger partial charge in [-0.25, -0.2) is 4.79 Å². The van der Waals surface area contributed by atoms with E-state index in [2.05, 4.69) is 10.1 Å². The highest BCUT2D eigenvalue weighted by atomic mass is 32.2. The summed E-state index contributed by atoms with van der Waals surface area (Å²) in [5.74, 6) is 2.22. The van der Waals surface area contributed by atoms with Crippen molar-refractivity contribution in [3.63, 3.8) is 0 Å². The molecule has 0 spiro atoms. The maximum atomic E-state index is 11.6. The molecule has 3 aromatic rings. The van der Waals surface area contributed by atoms with Gasteiger partial charge >= 0.3 is 5.97 Å². The number of nitrogens with zero attached hydrogens (tertiary/aromatic N) is 2. The molecule has 3 rings (SSSR count). The summed E-state index contributed by atoms with van der Waals surface area (Å²) in [5, 5.41) is 4.03. The Morgan fingerprint density at radius 3 is 2.72 bits per heavy atom. The Balaban J connectivity index is 1.58. The van der Waals surface area contributed by atoms with Crippen molar-refractivity contribution in [2.45, 2.75) is 18.4 Å². The van der Waals surface area contributed by atoms with Crippen LogP contribution in [0.15, 0.2) is 53.1 Å². The van der Waals surface area contributed by atoms with Gasteiger partial charge in [0.05, 0.1) is 18.4 Å². The lowest BCUT2D eigenvalue weighted by Crippen LogP contribution is -2.01. The Labute approximate surface area is 150 Å². The maximum absolute atomic E-state index is 11.6. The van der Waals surface area contributed by atoms with Crippen LogP contribution in [0.2, 0.25) is 0 Å². The van der Waals surface area contributed by atoms with Crippen LogP contribution in [0.1, 0.15) is 27.4 Å². The summed E-state index contributed by atoms with van der Waals surface area (Å²) in [7, 11) is 1.38. The van der Waals surface area contributed by atoms with Gasteiger partial charge in [0, 0.05) is 11.3 Å². The van der Waals surface area contributed by atoms with E-state index in [-0.39, 0.29) is 5.97 Å². The summed E-state index contributed by atoms with van der Waals surface area (Å²) >= 11 is 1.65. The topological polar surface area (TPSA) is 65.2 Å². The van der Waals surface area contributed by atoms with E-state index in [1.807, 2.05) is 49.4 Å². The van der Waals surface area contributed by atoms with Gasteiger partial charge in [0.15, 0.2) is 0 Å². The van der Waals surface area contributed by atoms with Gasteiger partial charge in [-0.05, 0) is 24.6 Å². The number of thioether (sulfide) groups is 1. The molecule has 6 heteroatoms. The van der Waals surface area contributed by atoms with Crippen LogP contribution in [-0.2, 0) is 16.2 Å². The van der Waals surface area contributed by atoms with Gasteiger partial charge in [-0.3, -0.25) is 0 Å². The average Bonchev–Trinajstić information content (AvgIpc) is 3.11. The van der Waals surface area contributed by atoms with Crippen LogP contribution in [0.3, 0.4) is 0 Å². The Kier molecular flexibility index (Phi) is 5.50. The van der Waals surface area contributed by atoms with Crippen molar-refractivity contribution in [3.05, 3.63) is 71.1 Å². The largest absolute Gasteiger partial charge is 0.465 e. The fourth-order valence-electron chi connectivity index (χ4n) is 2.30. The molecule has 0 saturated heterocycles. The van der Waals surface area contributed by atoms with Crippen molar-refractivity contribution < 1.29 is 14.1 Å². The number of hydrogen-bond donors (Lipinski definition) is 0. The number of esters is 1. The van der Waals surface area contributed by atoms with E-state index in [9.17, 15) is 4.79 Å². The maximum Gasteiger partial charge on any atom is 0.337 e. The van der Waals surface area contributed by atoms with Crippen LogP contribution in [-0.4, -0.2) is 23.2 Å². The van der Waals surface area contributed by atoms with E-state index in [0.717, 1.165) is 16.9 Å². The number of aromatic nitrogens is 2. The molecule has 0 aliphatic carbocycles. The minimum atomic E-state index is -0.327. The minimum absolute atomic E-state index is 0.327. The quantitative estimate of drug-likeness (QED) is 0.616. The lowest BCUT2D eigenvalue weighted by atomic mass is 10.1. The van der Waals surface area contributed by atoms with Gasteiger partial charge in [-0.15, -0.1) is 11.8 Å². The van der Waals surface area contributed by atoms with Crippen molar-refractivity contribution in [1.29, 1.82) is 0 Å². The number of carbonyl (C=O) groups is 1. The zero-order chi connectivity index (χ0) is 17.6. The second kappa shape index (κ2) is 7.98. The van der Waals surface area contributed by atoms with Crippen LogP contribution < -0.4 is 0 Å². The Morgan fingerprint density at radius 2 is 1.96 bits per heavy atom. The first-order valence-corrected chi connectivity index (χ1v) is 8.96. The van der Waals surface area contributed by atoms with Crippen LogP contribution in [0.4, 0.5) is 0 Å². The molecular formula is C19H18N2O3S. The monoisotopic (exact) mass is 354 g/mol. The van der Waals surface area contributed by atoms with Gasteiger partial charge in [-0.1, -0.05) is 47.1 Å². The van der Waals surface area contributed by atoms with Gasteiger partial charge in [0.1, 0.15) is 0 Å². The molecular weight excluding hydrogens is 336 g/mol. The van der Waals surface area contributed by atoms with Crippen molar-refractivity contribution in [1.82, 2.24) is 10.1 Å². The van der Waals surface area contributed by atoms with Gasteiger partial charge < -0.3 is 9.26 Å². The van der Waals surface area contributed by atoms with Crippen LogP contribution in [0, 0.1) is 6.92 Å². The third kappa shape index (κ3) is 4.48. The third-order valence-electron chi connectivity index (χ3n) is 3.62. The third-order valence-corrected chi connectivity index (χ3v) is 4.61. The van der Waals surface area contributed by atoms with Crippen LogP contribution >= 0.6 is 11.8 Å². The summed E-state index contributed by atoms with van der Waals surface area (Å²) in [6.07, 6.45) is 0. The van der Waals surface area contributed by atoms with E-state index in [0.29, 0.717) is 23.0 Å². The first-order valence-electron chi connectivity index (χ1n) is 7.80. The zero-order valence-corrected chi connectivity index (χ0v) is 14.9. The number of ether oxygens (including phenoxy) is 1. The number of methoxy groups -OCH3 is 1. The highest BCUT2D eigenvalue weighted by Gasteiger charge is 2.09. The summed E-state index contributed by atoms with van der Waals surface area (Å²) in [4.78, 5) is 16.0. The molecule has 0 saturated carbocycles. The van der Waals surface area contributed by atoms with E-state index >= 15 is 0 Å². The van der Waals surface area contributed by atoms with Gasteiger partial charge in [-0.2, -0.15) is 4.98 Å². The molecule has 1 aromatic heterocycles. The van der Waals surface area contributed by atoms with Crippen LogP contribution in [0.5, 0.6) is 0 Å². The zero-order valence-electron chi connectivity index (χ0n) is 14.1. The molecule has 0 atom stereocenters. The lowest BCUT2D eigenvalue weighted by molar-refractivity contribution is 0.0600. The smallest absolute Gasteiger partial charge is 0.337 e. The lowest BCUT2D eigenvalue weighted by Gasteiger charge is -2.03. The molecule has 0 bridgehead atoms. The molecule has 1 heterocycles. The first kappa shape index (κ1) is 17.2. The summed E-state index contributed by atoms with van der Waals surface area (Å²) in [5.41, 5.74) is 3.74. The molecule has 25 heavy (non-hydrogen) atoms. The molecule has 5 nitrogen and oxygen atoms in total. The fraction of sp³-hybridized carbons (Fsp3) is 0.211. The molecule has 0 unspecified atom stereocenters. The van der Waals surface area contributed by atoms with Gasteiger partial charge in [0.25, 0.3) is 0 Å². The van der Waals surface area contributed by atoms with Crippen molar-refractivity contribution in [3.8, 4) is 11.4 Å². The van der Waals surface area contributed by atoms with E-state index < -0.39 is 0 Å². The normalized spacial score (nSPS) is 10.6. The number of hydrogen-bond acceptors (Lipinski definition) is 6. The number of aryl methyl sites for hydroxylation is 1. The molecule has 0 radical (unpaired) electrons. The number of rotatable bonds is 6. The van der Waals surface area contributed by atoms with E-state index in [1.54, 1.807) is 17.8 Å². The molecule has 0 aliphatic heterocycles. The fourth-order valence-corrected chi connectivity index (χ4v) is 3.10. The highest BCUT2D eigenvalue weighted by molar-refractivity contribution is 7.97. The molecule has 0 fully saturated rings. The Bertz CT molecular complexity index is 859. The standard InChI is InChI=1S/C19H18N2O3S/c1-13-6-8-15(9-7-13)18-20-17(24-21-18)12-25-11-14-4-3-5-16(10-14)19(22)23-2/h3-10H,11-12H2,1-2H3. The second-order valence-electron chi connectivity index (χ2n) is 5.56. The average molecular weight is 354 g/mol. The van der Waals surface area contributed by atoms with Crippen molar-refractivity contribution in [2.75, 3.05) is 7.11 Å². The number of benzene rings is 2. The van der Waals surface area contributed by atoms with Crippen LogP contribution in [0.25, 0.3) is 11.4 Å². The summed E-state index contributed by atoms with van der Waals surface area (Å²) in [6, 6.07) is 15.4. The molecule has 2 aromatic carbocycles. The van der Waals surface area contributed by atoms with Crippen molar-refractivity contribution in [2.24, 2.45) is 0 Å². The van der Waals surface area contributed by atoms with E-state index in [1.165, 1.54) is 12.7 Å². The SMILES string of the molecule is COC(=O)c1cccc(CSCc2nc(-c3ccc(C)cc3)no2)c1. The number of carbonyl (C=O) groups excluding carboxylic acids is 1. The molecule has 128 valence electrons. The van der Waals surface area contributed by atoms with E-state index in [4.69, 9.17) is 9.26 Å². The van der Waals surface area contributed by atoms with Gasteiger partial charge in [0.2, 0.25) is 11.7 Å². The molecule has 0 aliphatic rings.